The van der Waals surface area contributed by atoms with E-state index in [-0.39, 0.29) is 48.6 Å². The van der Waals surface area contributed by atoms with E-state index in [0.29, 0.717) is 21.6 Å². The minimum absolute atomic E-state index is 0.00613. The molecule has 2 saturated heterocycles. The molecule has 0 unspecified atom stereocenters. The van der Waals surface area contributed by atoms with E-state index in [1.807, 2.05) is 24.3 Å². The Hall–Kier alpha value is -3.52. The predicted molar refractivity (Wildman–Crippen MR) is 243 cm³/mol. The summed E-state index contributed by atoms with van der Waals surface area (Å²) in [5.41, 5.74) is 1.40. The third-order valence-corrected chi connectivity index (χ3v) is 16.3. The molecule has 8 rings (SSSR count). The van der Waals surface area contributed by atoms with Crippen molar-refractivity contribution in [1.29, 1.82) is 0 Å². The second-order valence-electron chi connectivity index (χ2n) is 18.5. The third kappa shape index (κ3) is 13.5. The number of hydrogen-bond donors (Lipinski definition) is 4. The number of nitrogens with zero attached hydrogens (tertiary/aromatic N) is 4. The monoisotopic (exact) mass is 876 g/mol. The first-order valence-corrected chi connectivity index (χ1v) is 25.3. The number of thioether (sulfide) groups is 2. The van der Waals surface area contributed by atoms with Gasteiger partial charge in [-0.15, -0.1) is 23.5 Å². The van der Waals surface area contributed by atoms with Crippen molar-refractivity contribution in [2.45, 2.75) is 180 Å². The summed E-state index contributed by atoms with van der Waals surface area (Å²) in [6.07, 6.45) is 24.6. The highest BCUT2D eigenvalue weighted by Crippen LogP contribution is 2.39. The number of carbonyl (C=O) groups is 4. The number of pyridine rings is 2. The van der Waals surface area contributed by atoms with Crippen LogP contribution in [0.25, 0.3) is 0 Å². The van der Waals surface area contributed by atoms with Crippen molar-refractivity contribution >= 4 is 58.9 Å². The summed E-state index contributed by atoms with van der Waals surface area (Å²) in [5.74, 6) is 0.634. The van der Waals surface area contributed by atoms with E-state index in [9.17, 15) is 24.3 Å². The fraction of sp³-hybridized carbons (Fsp3) is 0.702. The maximum Gasteiger partial charge on any atom is 0.303 e. The molecular formula is C47H68N6O6S2. The maximum absolute atomic E-state index is 13.1. The topological polar surface area (TPSA) is 165 Å². The Morgan fingerprint density at radius 2 is 0.934 bits per heavy atom. The number of carboxylic acid groups (broad SMARTS) is 2. The SMILES string of the molecule is O=C(O)C[C@H]1CCCN(c2ccc(C(=O)NC3CCCCC3)c(SC3CCCC3)n2)C1.O=C(O)C[C@H]1CCN(c2ccc(C(=O)NC3CCCCC3)c(SC3CCCC3)n2)C1. The van der Waals surface area contributed by atoms with Gasteiger partial charge < -0.3 is 30.6 Å². The van der Waals surface area contributed by atoms with Gasteiger partial charge in [-0.3, -0.25) is 19.2 Å². The van der Waals surface area contributed by atoms with Crippen molar-refractivity contribution in [3.63, 3.8) is 0 Å². The number of carbonyl (C=O) groups excluding carboxylic acids is 2. The lowest BCUT2D eigenvalue weighted by Gasteiger charge is -2.33. The van der Waals surface area contributed by atoms with Crippen LogP contribution in [0.4, 0.5) is 11.6 Å². The van der Waals surface area contributed by atoms with Crippen LogP contribution in [0.5, 0.6) is 0 Å². The lowest BCUT2D eigenvalue weighted by Crippen LogP contribution is -2.38. The molecule has 2 amide bonds. The highest BCUT2D eigenvalue weighted by molar-refractivity contribution is 8.00. The first-order chi connectivity index (χ1) is 29.7. The van der Waals surface area contributed by atoms with E-state index in [1.54, 1.807) is 23.5 Å². The third-order valence-electron chi connectivity index (χ3n) is 13.6. The Kier molecular flexibility index (Phi) is 16.9. The fourth-order valence-electron chi connectivity index (χ4n) is 10.2. The van der Waals surface area contributed by atoms with Crippen molar-refractivity contribution < 1.29 is 29.4 Å². The molecule has 2 aromatic rings. The Balaban J connectivity index is 0.000000184. The van der Waals surface area contributed by atoms with Crippen LogP contribution in [-0.2, 0) is 9.59 Å². The second kappa shape index (κ2) is 22.7. The van der Waals surface area contributed by atoms with Gasteiger partial charge in [0.05, 0.1) is 11.1 Å². The zero-order valence-corrected chi connectivity index (χ0v) is 37.6. The highest BCUT2D eigenvalue weighted by Gasteiger charge is 2.30. The molecule has 2 atom stereocenters. The van der Waals surface area contributed by atoms with Crippen LogP contribution in [-0.4, -0.2) is 92.7 Å². The summed E-state index contributed by atoms with van der Waals surface area (Å²) in [4.78, 5) is 62.7. The zero-order chi connectivity index (χ0) is 42.6. The second-order valence-corrected chi connectivity index (χ2v) is 21.0. The number of aliphatic carboxylic acids is 2. The summed E-state index contributed by atoms with van der Waals surface area (Å²) in [5, 5.41) is 27.5. The number of piperidine rings is 1. The quantitative estimate of drug-likeness (QED) is 0.142. The Morgan fingerprint density at radius 3 is 1.38 bits per heavy atom. The lowest BCUT2D eigenvalue weighted by atomic mass is 9.95. The molecule has 2 aromatic heterocycles. The van der Waals surface area contributed by atoms with Gasteiger partial charge in [0.1, 0.15) is 21.7 Å². The molecule has 4 aliphatic carbocycles. The van der Waals surface area contributed by atoms with Crippen molar-refractivity contribution in [2.24, 2.45) is 11.8 Å². The van der Waals surface area contributed by atoms with Crippen molar-refractivity contribution in [3.05, 3.63) is 35.4 Å². The van der Waals surface area contributed by atoms with Gasteiger partial charge in [-0.25, -0.2) is 9.97 Å². The Bertz CT molecular complexity index is 1790. The average molecular weight is 877 g/mol. The number of nitrogens with one attached hydrogen (secondary N) is 2. The van der Waals surface area contributed by atoms with Crippen LogP contribution in [0.2, 0.25) is 0 Å². The molecule has 0 spiro atoms. The van der Waals surface area contributed by atoms with E-state index in [2.05, 4.69) is 20.4 Å². The van der Waals surface area contributed by atoms with Gasteiger partial charge in [0, 0.05) is 61.6 Å². The van der Waals surface area contributed by atoms with Crippen molar-refractivity contribution in [1.82, 2.24) is 20.6 Å². The van der Waals surface area contributed by atoms with Crippen molar-refractivity contribution in [2.75, 3.05) is 36.0 Å². The summed E-state index contributed by atoms with van der Waals surface area (Å²) in [6.45, 7) is 3.16. The van der Waals surface area contributed by atoms with Gasteiger partial charge in [0.15, 0.2) is 0 Å². The molecule has 61 heavy (non-hydrogen) atoms. The molecule has 2 aliphatic heterocycles. The Labute approximate surface area is 371 Å². The highest BCUT2D eigenvalue weighted by atomic mass is 32.2. The van der Waals surface area contributed by atoms with Crippen LogP contribution in [0.15, 0.2) is 34.3 Å². The minimum Gasteiger partial charge on any atom is -0.481 e. The molecular weight excluding hydrogens is 809 g/mol. The normalized spacial score (nSPS) is 23.1. The smallest absolute Gasteiger partial charge is 0.303 e. The predicted octanol–water partition coefficient (Wildman–Crippen LogP) is 9.35. The maximum atomic E-state index is 13.1. The van der Waals surface area contributed by atoms with Gasteiger partial charge in [0.25, 0.3) is 11.8 Å². The standard InChI is InChI=1S/C24H35N3O3S.C23H33N3O3S/c28-22(29)15-17-7-6-14-27(16-17)21-13-12-20(23(30)25-18-8-2-1-3-9-18)24(26-21)31-19-10-4-5-11-19;27-21(28)14-16-12-13-26(15-16)20-11-10-19(22(29)24-17-6-2-1-3-7-17)23(25-20)30-18-8-4-5-9-18/h12-13,17-19H,1-11,14-16H2,(H,25,30)(H,28,29);10-11,16-18H,1-9,12-15H2,(H,24,29)(H,27,28)/t17-;16-/m11/s1. The largest absolute Gasteiger partial charge is 0.481 e. The number of aromatic nitrogens is 2. The molecule has 12 nitrogen and oxygen atoms in total. The molecule has 0 bridgehead atoms. The van der Waals surface area contributed by atoms with E-state index in [4.69, 9.17) is 15.1 Å². The molecule has 14 heteroatoms. The molecule has 334 valence electrons. The van der Waals surface area contributed by atoms with Gasteiger partial charge >= 0.3 is 11.9 Å². The molecule has 0 aromatic carbocycles. The van der Waals surface area contributed by atoms with Crippen LogP contribution in [0.1, 0.15) is 168 Å². The average Bonchev–Trinajstić information content (AvgIpc) is 4.07. The molecule has 0 radical (unpaired) electrons. The molecule has 6 aliphatic rings. The van der Waals surface area contributed by atoms with E-state index >= 15 is 0 Å². The summed E-state index contributed by atoms with van der Waals surface area (Å²) in [6, 6.07) is 8.34. The Morgan fingerprint density at radius 1 is 0.525 bits per heavy atom. The minimum atomic E-state index is -0.734. The summed E-state index contributed by atoms with van der Waals surface area (Å²) < 4.78 is 0. The number of anilines is 2. The summed E-state index contributed by atoms with van der Waals surface area (Å²) in [7, 11) is 0. The summed E-state index contributed by atoms with van der Waals surface area (Å²) >= 11 is 3.52. The molecule has 4 N–H and O–H groups in total. The fourth-order valence-corrected chi connectivity index (χ4v) is 12.9. The van der Waals surface area contributed by atoms with Crippen molar-refractivity contribution in [3.8, 4) is 0 Å². The number of hydrogen-bond acceptors (Lipinski definition) is 10. The van der Waals surface area contributed by atoms with Crippen LogP contribution in [0, 0.1) is 11.8 Å². The molecule has 4 heterocycles. The van der Waals surface area contributed by atoms with Gasteiger partial charge in [-0.1, -0.05) is 64.2 Å². The van der Waals surface area contributed by atoms with E-state index in [1.165, 1.54) is 89.9 Å². The van der Waals surface area contributed by atoms with E-state index < -0.39 is 11.9 Å². The van der Waals surface area contributed by atoms with Crippen LogP contribution < -0.4 is 20.4 Å². The van der Waals surface area contributed by atoms with Crippen LogP contribution >= 0.6 is 23.5 Å². The molecule has 4 saturated carbocycles. The molecule has 6 fully saturated rings. The van der Waals surface area contributed by atoms with Gasteiger partial charge in [-0.05, 0) is 107 Å². The first-order valence-electron chi connectivity index (χ1n) is 23.6. The number of carboxylic acids is 2. The van der Waals surface area contributed by atoms with Gasteiger partial charge in [0.2, 0.25) is 0 Å². The number of rotatable bonds is 14. The van der Waals surface area contributed by atoms with Gasteiger partial charge in [-0.2, -0.15) is 0 Å². The van der Waals surface area contributed by atoms with Crippen LogP contribution in [0.3, 0.4) is 0 Å². The zero-order valence-electron chi connectivity index (χ0n) is 36.0. The first kappa shape index (κ1) is 45.5. The van der Waals surface area contributed by atoms with E-state index in [0.717, 1.165) is 92.8 Å². The number of amides is 2. The lowest BCUT2D eigenvalue weighted by molar-refractivity contribution is -0.139.